The number of nitrogens with zero attached hydrogens (tertiary/aromatic N) is 3. The van der Waals surface area contributed by atoms with E-state index in [0.717, 1.165) is 36.8 Å². The van der Waals surface area contributed by atoms with Crippen molar-refractivity contribution >= 4 is 49.6 Å². The fourth-order valence-electron chi connectivity index (χ4n) is 4.83. The fourth-order valence-corrected chi connectivity index (χ4v) is 6.23. The summed E-state index contributed by atoms with van der Waals surface area (Å²) in [5, 5.41) is -0.149. The second-order valence-electron chi connectivity index (χ2n) is 10.3. The molecule has 0 aliphatic carbocycles. The van der Waals surface area contributed by atoms with E-state index in [1.54, 1.807) is 30.3 Å². The Labute approximate surface area is 258 Å². The third-order valence-electron chi connectivity index (χ3n) is 6.94. The summed E-state index contributed by atoms with van der Waals surface area (Å²) < 4.78 is 35.5. The Morgan fingerprint density at radius 3 is 2.55 bits per heavy atom. The quantitative estimate of drug-likeness (QED) is 0.0970. The van der Waals surface area contributed by atoms with Crippen LogP contribution in [0.4, 0.5) is 11.6 Å². The first-order chi connectivity index (χ1) is 20.1. The maximum Gasteiger partial charge on any atom is 0.313 e. The third kappa shape index (κ3) is 8.29. The molecule has 224 valence electrons. The lowest BCUT2D eigenvalue weighted by atomic mass is 9.85. The Balaban J connectivity index is 1.95. The van der Waals surface area contributed by atoms with Gasteiger partial charge in [0.2, 0.25) is 0 Å². The molecule has 2 aromatic heterocycles. The van der Waals surface area contributed by atoms with E-state index in [9.17, 15) is 13.2 Å². The number of pyridine rings is 2. The monoisotopic (exact) mass is 654 g/mol. The Bertz CT molecular complexity index is 1510. The zero-order chi connectivity index (χ0) is 30.8. The lowest BCUT2D eigenvalue weighted by Crippen LogP contribution is -2.43. The van der Waals surface area contributed by atoms with Gasteiger partial charge in [0.1, 0.15) is 11.6 Å². The molecule has 1 atom stereocenters. The number of esters is 1. The van der Waals surface area contributed by atoms with Crippen LogP contribution in [0.2, 0.25) is 0 Å². The van der Waals surface area contributed by atoms with E-state index in [4.69, 9.17) is 4.74 Å². The van der Waals surface area contributed by atoms with Crippen LogP contribution >= 0.6 is 15.9 Å². The lowest BCUT2D eigenvalue weighted by molar-refractivity contribution is -0.151. The van der Waals surface area contributed by atoms with Crippen LogP contribution in [0.1, 0.15) is 51.5 Å². The number of ether oxygens (including phenoxy) is 1. The maximum atomic E-state index is 13.5. The summed E-state index contributed by atoms with van der Waals surface area (Å²) >= 11 is 3.53. The van der Waals surface area contributed by atoms with Crippen LogP contribution in [-0.2, 0) is 19.6 Å². The van der Waals surface area contributed by atoms with Gasteiger partial charge in [0.15, 0.2) is 5.03 Å². The molecule has 0 saturated heterocycles. The number of sulfonamides is 1. The van der Waals surface area contributed by atoms with E-state index in [1.165, 1.54) is 13.2 Å². The molecule has 1 unspecified atom stereocenters. The van der Waals surface area contributed by atoms with Gasteiger partial charge in [-0.25, -0.2) is 9.97 Å². The predicted octanol–water partition coefficient (Wildman–Crippen LogP) is 7.49. The summed E-state index contributed by atoms with van der Waals surface area (Å²) in [6.07, 6.45) is 7.61. The first-order valence-electron chi connectivity index (χ1n) is 13.9. The average Bonchev–Trinajstić information content (AvgIpc) is 2.99. The molecule has 3 rings (SSSR count). The van der Waals surface area contributed by atoms with Gasteiger partial charge < -0.3 is 9.64 Å². The molecule has 0 fully saturated rings. The summed E-state index contributed by atoms with van der Waals surface area (Å²) in [6, 6.07) is 15.8. The van der Waals surface area contributed by atoms with E-state index in [-0.39, 0.29) is 16.8 Å². The molecule has 0 amide bonds. The largest absolute Gasteiger partial charge is 0.469 e. The Morgan fingerprint density at radius 1 is 1.10 bits per heavy atom. The van der Waals surface area contributed by atoms with Gasteiger partial charge in [0.25, 0.3) is 10.0 Å². The molecular formula is C32H39BrN4O4S. The molecule has 8 nitrogen and oxygen atoms in total. The second kappa shape index (κ2) is 15.1. The number of hydrogen-bond acceptors (Lipinski definition) is 7. The maximum absolute atomic E-state index is 13.5. The number of benzene rings is 1. The van der Waals surface area contributed by atoms with Crippen LogP contribution in [0.15, 0.2) is 83.3 Å². The number of hydrogen-bond donors (Lipinski definition) is 1. The minimum Gasteiger partial charge on any atom is -0.469 e. The van der Waals surface area contributed by atoms with Gasteiger partial charge in [-0.2, -0.15) is 8.42 Å². The van der Waals surface area contributed by atoms with Crippen molar-refractivity contribution in [2.24, 2.45) is 5.41 Å². The molecular weight excluding hydrogens is 616 g/mol. The van der Waals surface area contributed by atoms with Gasteiger partial charge >= 0.3 is 5.97 Å². The van der Waals surface area contributed by atoms with E-state index in [0.29, 0.717) is 35.5 Å². The van der Waals surface area contributed by atoms with Crippen LogP contribution < -0.4 is 9.62 Å². The Kier molecular flexibility index (Phi) is 11.9. The minimum atomic E-state index is -4.09. The lowest BCUT2D eigenvalue weighted by Gasteiger charge is -2.34. The topological polar surface area (TPSA) is 101 Å². The summed E-state index contributed by atoms with van der Waals surface area (Å²) in [6.45, 7) is 12.5. The highest BCUT2D eigenvalue weighted by Gasteiger charge is 2.36. The molecule has 2 heterocycles. The normalized spacial score (nSPS) is 12.7. The molecule has 0 saturated carbocycles. The summed E-state index contributed by atoms with van der Waals surface area (Å²) in [5.41, 5.74) is 1.48. The van der Waals surface area contributed by atoms with E-state index >= 15 is 0 Å². The van der Waals surface area contributed by atoms with E-state index < -0.39 is 15.4 Å². The fraction of sp³-hybridized carbons (Fsp3) is 0.344. The van der Waals surface area contributed by atoms with Gasteiger partial charge in [-0.3, -0.25) is 9.52 Å². The van der Waals surface area contributed by atoms with Crippen molar-refractivity contribution in [1.82, 2.24) is 9.97 Å². The van der Waals surface area contributed by atoms with Gasteiger partial charge in [-0.05, 0) is 78.4 Å². The number of allylic oxidation sites excluding steroid dienone is 1. The van der Waals surface area contributed by atoms with Crippen LogP contribution in [0, 0.1) is 5.41 Å². The molecule has 1 aromatic carbocycles. The molecule has 3 aromatic rings. The number of carbonyl (C=O) groups excluding carboxylic acids is 1. The molecule has 1 N–H and O–H groups in total. The molecule has 0 radical (unpaired) electrons. The number of methoxy groups -OCH3 is 1. The number of unbranched alkanes of at least 4 members (excludes halogenated alkanes) is 2. The van der Waals surface area contributed by atoms with Gasteiger partial charge in [-0.15, -0.1) is 6.58 Å². The molecule has 0 bridgehead atoms. The zero-order valence-corrected chi connectivity index (χ0v) is 26.9. The third-order valence-corrected chi connectivity index (χ3v) is 8.83. The predicted molar refractivity (Wildman–Crippen MR) is 174 cm³/mol. The SMILES string of the molecule is C=CCCCCN(CC(C)(CCC)C(=O)OC)c1cccc(S(=O)(=O)Nc2ccc(Br)c(-c3ccccc3C=C)n2)n1. The van der Waals surface area contributed by atoms with Crippen molar-refractivity contribution in [3.05, 3.63) is 83.9 Å². The summed E-state index contributed by atoms with van der Waals surface area (Å²) in [4.78, 5) is 23.9. The number of carbonyl (C=O) groups is 1. The summed E-state index contributed by atoms with van der Waals surface area (Å²) in [7, 11) is -2.70. The van der Waals surface area contributed by atoms with Crippen molar-refractivity contribution in [2.45, 2.75) is 51.0 Å². The smallest absolute Gasteiger partial charge is 0.313 e. The molecule has 0 aliphatic heterocycles. The standard InChI is InChI=1S/C32H39BrN4O4S/c1-6-9-10-13-22-37(23-32(4,21-7-2)31(38)41-5)28-17-14-18-29(35-28)42(39,40)36-27-20-19-26(33)30(34-27)25-16-12-11-15-24(25)8-3/h6,8,11-12,14-20H,1,3,7,9-10,13,21-23H2,2,4-5H3,(H,34,36). The van der Waals surface area contributed by atoms with Crippen LogP contribution in [0.3, 0.4) is 0 Å². The first-order valence-corrected chi connectivity index (χ1v) is 16.2. The van der Waals surface area contributed by atoms with Crippen molar-refractivity contribution in [3.63, 3.8) is 0 Å². The van der Waals surface area contributed by atoms with E-state index in [1.807, 2.05) is 49.1 Å². The van der Waals surface area contributed by atoms with Crippen LogP contribution in [-0.4, -0.2) is 44.6 Å². The number of halogens is 1. The van der Waals surface area contributed by atoms with Crippen molar-refractivity contribution < 1.29 is 17.9 Å². The van der Waals surface area contributed by atoms with E-state index in [2.05, 4.69) is 43.8 Å². The van der Waals surface area contributed by atoms with Crippen molar-refractivity contribution in [3.8, 4) is 11.3 Å². The molecule has 0 spiro atoms. The Morgan fingerprint density at radius 2 is 1.86 bits per heavy atom. The van der Waals surface area contributed by atoms with Gasteiger partial charge in [-0.1, -0.05) is 62.4 Å². The number of nitrogens with one attached hydrogen (secondary N) is 1. The summed E-state index contributed by atoms with van der Waals surface area (Å²) in [5.74, 6) is 0.315. The average molecular weight is 656 g/mol. The zero-order valence-electron chi connectivity index (χ0n) is 24.5. The van der Waals surface area contributed by atoms with Crippen LogP contribution in [0.25, 0.3) is 17.3 Å². The molecule has 10 heteroatoms. The molecule has 42 heavy (non-hydrogen) atoms. The number of anilines is 2. The van der Waals surface area contributed by atoms with Crippen LogP contribution in [0.5, 0.6) is 0 Å². The number of rotatable bonds is 16. The second-order valence-corrected chi connectivity index (χ2v) is 12.7. The van der Waals surface area contributed by atoms with Crippen molar-refractivity contribution in [1.29, 1.82) is 0 Å². The Hall–Kier alpha value is -3.50. The molecule has 0 aliphatic rings. The highest BCUT2D eigenvalue weighted by Crippen LogP contribution is 2.32. The highest BCUT2D eigenvalue weighted by atomic mass is 79.9. The van der Waals surface area contributed by atoms with Crippen molar-refractivity contribution in [2.75, 3.05) is 29.8 Å². The van der Waals surface area contributed by atoms with Gasteiger partial charge in [0, 0.05) is 23.1 Å². The van der Waals surface area contributed by atoms with Gasteiger partial charge in [0.05, 0.1) is 18.2 Å². The minimum absolute atomic E-state index is 0.149. The number of aromatic nitrogens is 2. The first kappa shape index (κ1) is 33.0. The highest BCUT2D eigenvalue weighted by molar-refractivity contribution is 9.10.